The molecule has 3 nitrogen and oxygen atoms in total. The molecular formula is C17H24N2O. The van der Waals surface area contributed by atoms with Crippen LogP contribution in [0.3, 0.4) is 0 Å². The minimum Gasteiger partial charge on any atom is -0.345 e. The van der Waals surface area contributed by atoms with Gasteiger partial charge in [0.25, 0.3) is 0 Å². The average Bonchev–Trinajstić information content (AvgIpc) is 3.06. The molecule has 4 atom stereocenters. The number of benzene rings is 1. The van der Waals surface area contributed by atoms with Crippen LogP contribution in [0.4, 0.5) is 0 Å². The van der Waals surface area contributed by atoms with Crippen LogP contribution in [0.1, 0.15) is 24.8 Å². The van der Waals surface area contributed by atoms with Crippen molar-refractivity contribution in [2.45, 2.75) is 31.7 Å². The molecule has 0 aliphatic heterocycles. The Kier molecular flexibility index (Phi) is 3.79. The van der Waals surface area contributed by atoms with Gasteiger partial charge in [0.1, 0.15) is 0 Å². The molecule has 2 N–H and O–H groups in total. The SMILES string of the molecule is CN(CCc1ccccc1)C(=O)[C@H]1[C@H]2CC[C@@H](C2)[C@@H]1N. The van der Waals surface area contributed by atoms with Crippen molar-refractivity contribution in [2.24, 2.45) is 23.5 Å². The summed E-state index contributed by atoms with van der Waals surface area (Å²) in [6.07, 6.45) is 4.51. The van der Waals surface area contributed by atoms with Crippen LogP contribution in [0.5, 0.6) is 0 Å². The lowest BCUT2D eigenvalue weighted by molar-refractivity contribution is -0.136. The molecule has 2 aliphatic rings. The molecule has 0 radical (unpaired) electrons. The fourth-order valence-electron chi connectivity index (χ4n) is 4.01. The summed E-state index contributed by atoms with van der Waals surface area (Å²) in [5.74, 6) is 1.48. The average molecular weight is 272 g/mol. The standard InChI is InChI=1S/C17H24N2O/c1-19(10-9-12-5-3-2-4-6-12)17(20)15-13-7-8-14(11-13)16(15)18/h2-6,13-16H,7-11,18H2,1H3/t13-,14-,15-,16-/m0/s1. The minimum absolute atomic E-state index is 0.0783. The molecule has 0 unspecified atom stereocenters. The van der Waals surface area contributed by atoms with Crippen LogP contribution in [0.15, 0.2) is 30.3 Å². The van der Waals surface area contributed by atoms with E-state index in [1.54, 1.807) is 0 Å². The molecule has 2 saturated carbocycles. The van der Waals surface area contributed by atoms with Crippen LogP contribution in [-0.4, -0.2) is 30.4 Å². The summed E-state index contributed by atoms with van der Waals surface area (Å²) in [5.41, 5.74) is 7.54. The molecule has 2 bridgehead atoms. The Bertz CT molecular complexity index is 471. The molecule has 0 aromatic heterocycles. The summed E-state index contributed by atoms with van der Waals surface area (Å²) in [6.45, 7) is 0.781. The van der Waals surface area contributed by atoms with Gasteiger partial charge in [-0.3, -0.25) is 4.79 Å². The van der Waals surface area contributed by atoms with Crippen molar-refractivity contribution in [1.82, 2.24) is 4.90 Å². The summed E-state index contributed by atoms with van der Waals surface area (Å²) < 4.78 is 0. The van der Waals surface area contributed by atoms with E-state index in [4.69, 9.17) is 5.73 Å². The van der Waals surface area contributed by atoms with E-state index in [0.29, 0.717) is 11.8 Å². The Morgan fingerprint density at radius 3 is 2.60 bits per heavy atom. The summed E-state index contributed by atoms with van der Waals surface area (Å²) in [4.78, 5) is 14.5. The van der Waals surface area contributed by atoms with E-state index in [1.807, 2.05) is 30.1 Å². The maximum absolute atomic E-state index is 12.6. The van der Waals surface area contributed by atoms with Gasteiger partial charge in [0.15, 0.2) is 0 Å². The van der Waals surface area contributed by atoms with Gasteiger partial charge in [-0.2, -0.15) is 0 Å². The first-order chi connectivity index (χ1) is 9.66. The molecule has 1 amide bonds. The maximum atomic E-state index is 12.6. The summed E-state index contributed by atoms with van der Waals surface area (Å²) in [5, 5.41) is 0. The number of carbonyl (C=O) groups is 1. The monoisotopic (exact) mass is 272 g/mol. The van der Waals surface area contributed by atoms with Crippen LogP contribution < -0.4 is 5.73 Å². The molecule has 0 saturated heterocycles. The summed E-state index contributed by atoms with van der Waals surface area (Å²) >= 11 is 0. The lowest BCUT2D eigenvalue weighted by Gasteiger charge is -2.30. The van der Waals surface area contributed by atoms with E-state index in [2.05, 4.69) is 12.1 Å². The van der Waals surface area contributed by atoms with Crippen LogP contribution in [-0.2, 0) is 11.2 Å². The normalized spacial score (nSPS) is 31.5. The van der Waals surface area contributed by atoms with E-state index >= 15 is 0 Å². The molecule has 1 aromatic rings. The molecule has 0 spiro atoms. The van der Waals surface area contributed by atoms with Crippen molar-refractivity contribution in [3.05, 3.63) is 35.9 Å². The first-order valence-corrected chi connectivity index (χ1v) is 7.71. The highest BCUT2D eigenvalue weighted by atomic mass is 16.2. The van der Waals surface area contributed by atoms with Crippen LogP contribution in [0, 0.1) is 17.8 Å². The van der Waals surface area contributed by atoms with Crippen LogP contribution in [0.2, 0.25) is 0 Å². The molecule has 0 heterocycles. The Labute approximate surface area is 121 Å². The molecule has 3 rings (SSSR count). The van der Waals surface area contributed by atoms with Gasteiger partial charge in [-0.25, -0.2) is 0 Å². The smallest absolute Gasteiger partial charge is 0.227 e. The Morgan fingerprint density at radius 2 is 1.95 bits per heavy atom. The van der Waals surface area contributed by atoms with Crippen molar-refractivity contribution < 1.29 is 4.79 Å². The Balaban J connectivity index is 1.57. The number of carbonyl (C=O) groups excluding carboxylic acids is 1. The van der Waals surface area contributed by atoms with Gasteiger partial charge in [-0.1, -0.05) is 30.3 Å². The largest absolute Gasteiger partial charge is 0.345 e. The highest BCUT2D eigenvalue weighted by Gasteiger charge is 2.49. The van der Waals surface area contributed by atoms with Crippen molar-refractivity contribution in [1.29, 1.82) is 0 Å². The highest BCUT2D eigenvalue weighted by molar-refractivity contribution is 5.80. The number of nitrogens with zero attached hydrogens (tertiary/aromatic N) is 1. The number of fused-ring (bicyclic) bond motifs is 2. The van der Waals surface area contributed by atoms with Gasteiger partial charge in [-0.15, -0.1) is 0 Å². The summed E-state index contributed by atoms with van der Waals surface area (Å²) in [6, 6.07) is 10.4. The second kappa shape index (κ2) is 5.57. The number of rotatable bonds is 4. The van der Waals surface area contributed by atoms with Crippen molar-refractivity contribution in [3.8, 4) is 0 Å². The van der Waals surface area contributed by atoms with Gasteiger partial charge in [0, 0.05) is 19.6 Å². The second-order valence-corrected chi connectivity index (χ2v) is 6.43. The Hall–Kier alpha value is -1.35. The van der Waals surface area contributed by atoms with Gasteiger partial charge in [0.05, 0.1) is 5.92 Å². The predicted molar refractivity (Wildman–Crippen MR) is 80.1 cm³/mol. The first kappa shape index (κ1) is 13.6. The zero-order valence-corrected chi connectivity index (χ0v) is 12.2. The van der Waals surface area contributed by atoms with Crippen molar-refractivity contribution in [3.63, 3.8) is 0 Å². The van der Waals surface area contributed by atoms with Crippen molar-refractivity contribution in [2.75, 3.05) is 13.6 Å². The quantitative estimate of drug-likeness (QED) is 0.912. The van der Waals surface area contributed by atoms with Crippen LogP contribution >= 0.6 is 0 Å². The topological polar surface area (TPSA) is 46.3 Å². The molecule has 2 fully saturated rings. The van der Waals surface area contributed by atoms with Crippen molar-refractivity contribution >= 4 is 5.91 Å². The third-order valence-electron chi connectivity index (χ3n) is 5.22. The van der Waals surface area contributed by atoms with Gasteiger partial charge >= 0.3 is 0 Å². The number of hydrogen-bond acceptors (Lipinski definition) is 2. The minimum atomic E-state index is 0.0783. The fourth-order valence-corrected chi connectivity index (χ4v) is 4.01. The van der Waals surface area contributed by atoms with Crippen LogP contribution in [0.25, 0.3) is 0 Å². The van der Waals surface area contributed by atoms with E-state index in [9.17, 15) is 4.79 Å². The molecule has 20 heavy (non-hydrogen) atoms. The van der Waals surface area contributed by atoms with E-state index in [-0.39, 0.29) is 17.9 Å². The summed E-state index contributed by atoms with van der Waals surface area (Å²) in [7, 11) is 1.92. The molecule has 2 aliphatic carbocycles. The molecule has 1 aromatic carbocycles. The number of hydrogen-bond donors (Lipinski definition) is 1. The molecular weight excluding hydrogens is 248 g/mol. The van der Waals surface area contributed by atoms with E-state index in [0.717, 1.165) is 13.0 Å². The third-order valence-corrected chi connectivity index (χ3v) is 5.22. The van der Waals surface area contributed by atoms with E-state index < -0.39 is 0 Å². The Morgan fingerprint density at radius 1 is 1.25 bits per heavy atom. The predicted octanol–water partition coefficient (Wildman–Crippen LogP) is 2.06. The van der Waals surface area contributed by atoms with Gasteiger partial charge in [-0.05, 0) is 43.1 Å². The van der Waals surface area contributed by atoms with E-state index in [1.165, 1.54) is 24.8 Å². The fraction of sp³-hybridized carbons (Fsp3) is 0.588. The zero-order chi connectivity index (χ0) is 14.1. The lowest BCUT2D eigenvalue weighted by atomic mass is 9.84. The van der Waals surface area contributed by atoms with Gasteiger partial charge in [0.2, 0.25) is 5.91 Å². The number of nitrogens with two attached hydrogens (primary N) is 1. The lowest BCUT2D eigenvalue weighted by Crippen LogP contribution is -2.46. The maximum Gasteiger partial charge on any atom is 0.227 e. The zero-order valence-electron chi connectivity index (χ0n) is 12.2. The molecule has 108 valence electrons. The van der Waals surface area contributed by atoms with Gasteiger partial charge < -0.3 is 10.6 Å². The highest BCUT2D eigenvalue weighted by Crippen LogP contribution is 2.48. The number of likely N-dealkylation sites (N-methyl/N-ethyl adjacent to an activating group) is 1. The number of amides is 1. The second-order valence-electron chi connectivity index (χ2n) is 6.43. The molecule has 3 heteroatoms. The first-order valence-electron chi connectivity index (χ1n) is 7.71. The third kappa shape index (κ3) is 2.47.